The van der Waals surface area contributed by atoms with Crippen LogP contribution in [0, 0.1) is 17.2 Å². The molecule has 0 spiro atoms. The number of rotatable bonds is 3. The molecule has 0 aliphatic carbocycles. The van der Waals surface area contributed by atoms with Crippen molar-refractivity contribution in [2.45, 2.75) is 39.2 Å². The van der Waals surface area contributed by atoms with Crippen LogP contribution in [0.4, 0.5) is 4.79 Å². The van der Waals surface area contributed by atoms with Crippen molar-refractivity contribution in [2.24, 2.45) is 5.92 Å². The van der Waals surface area contributed by atoms with Crippen molar-refractivity contribution in [1.82, 2.24) is 15.5 Å². The first-order valence-corrected chi connectivity index (χ1v) is 8.64. The largest absolute Gasteiger partial charge is 0.352 e. The smallest absolute Gasteiger partial charge is 0.317 e. The van der Waals surface area contributed by atoms with Gasteiger partial charge in [0.15, 0.2) is 0 Å². The molecule has 6 heteroatoms. The van der Waals surface area contributed by atoms with E-state index in [1.165, 1.54) is 0 Å². The molecule has 1 aliphatic heterocycles. The molecule has 1 fully saturated rings. The number of nitrogens with one attached hydrogen (secondary N) is 2. The normalized spacial score (nSPS) is 15.4. The quantitative estimate of drug-likeness (QED) is 0.885. The summed E-state index contributed by atoms with van der Waals surface area (Å²) in [5.41, 5.74) is 0.863. The van der Waals surface area contributed by atoms with Gasteiger partial charge in [-0.05, 0) is 63.8 Å². The van der Waals surface area contributed by atoms with Gasteiger partial charge in [0.2, 0.25) is 0 Å². The van der Waals surface area contributed by atoms with Crippen LogP contribution in [0.3, 0.4) is 0 Å². The first kappa shape index (κ1) is 18.8. The fourth-order valence-electron chi connectivity index (χ4n) is 2.78. The highest BCUT2D eigenvalue weighted by molar-refractivity contribution is 5.94. The van der Waals surface area contributed by atoms with Gasteiger partial charge in [0.25, 0.3) is 5.91 Å². The van der Waals surface area contributed by atoms with E-state index in [0.717, 1.165) is 12.8 Å². The molecule has 1 heterocycles. The van der Waals surface area contributed by atoms with E-state index in [1.54, 1.807) is 24.3 Å². The van der Waals surface area contributed by atoms with E-state index in [4.69, 9.17) is 5.26 Å². The molecule has 0 unspecified atom stereocenters. The zero-order valence-electron chi connectivity index (χ0n) is 15.1. The molecule has 0 saturated carbocycles. The summed E-state index contributed by atoms with van der Waals surface area (Å²) in [7, 11) is 0. The van der Waals surface area contributed by atoms with Crippen molar-refractivity contribution in [3.8, 4) is 6.07 Å². The van der Waals surface area contributed by atoms with Crippen LogP contribution in [0.25, 0.3) is 0 Å². The van der Waals surface area contributed by atoms with Gasteiger partial charge in [-0.25, -0.2) is 4.79 Å². The summed E-state index contributed by atoms with van der Waals surface area (Å²) in [5.74, 6) is 0.249. The summed E-state index contributed by atoms with van der Waals surface area (Å²) in [6.45, 7) is 7.93. The molecule has 1 aliphatic rings. The van der Waals surface area contributed by atoms with E-state index in [0.29, 0.717) is 36.7 Å². The van der Waals surface area contributed by atoms with Crippen LogP contribution in [0.2, 0.25) is 0 Å². The van der Waals surface area contributed by atoms with E-state index in [-0.39, 0.29) is 17.5 Å². The molecule has 1 aromatic carbocycles. The molecule has 2 rings (SSSR count). The lowest BCUT2D eigenvalue weighted by molar-refractivity contribution is 0.0937. The summed E-state index contributed by atoms with van der Waals surface area (Å²) in [6, 6.07) is 8.61. The number of likely N-dealkylation sites (tertiary alicyclic amines) is 1. The molecule has 134 valence electrons. The number of hydrogen-bond donors (Lipinski definition) is 2. The summed E-state index contributed by atoms with van der Waals surface area (Å²) in [4.78, 5) is 26.1. The molecular weight excluding hydrogens is 316 g/mol. The first-order valence-electron chi connectivity index (χ1n) is 8.64. The van der Waals surface area contributed by atoms with Crippen molar-refractivity contribution in [1.29, 1.82) is 5.26 Å². The predicted molar refractivity (Wildman–Crippen MR) is 96.1 cm³/mol. The molecule has 0 bridgehead atoms. The molecule has 0 radical (unpaired) electrons. The van der Waals surface area contributed by atoms with Crippen LogP contribution in [0.1, 0.15) is 49.5 Å². The monoisotopic (exact) mass is 342 g/mol. The Morgan fingerprint density at radius 2 is 1.80 bits per heavy atom. The minimum absolute atomic E-state index is 0.0208. The number of nitrogens with zero attached hydrogens (tertiary/aromatic N) is 2. The van der Waals surface area contributed by atoms with Gasteiger partial charge < -0.3 is 15.5 Å². The zero-order valence-corrected chi connectivity index (χ0v) is 15.1. The average molecular weight is 342 g/mol. The second kappa shape index (κ2) is 8.02. The molecule has 0 aromatic heterocycles. The van der Waals surface area contributed by atoms with Gasteiger partial charge in [-0.15, -0.1) is 0 Å². The third-order valence-electron chi connectivity index (χ3n) is 4.21. The van der Waals surface area contributed by atoms with Gasteiger partial charge in [0, 0.05) is 30.7 Å². The Hall–Kier alpha value is -2.55. The Morgan fingerprint density at radius 3 is 2.32 bits per heavy atom. The van der Waals surface area contributed by atoms with Gasteiger partial charge in [0.05, 0.1) is 11.6 Å². The molecule has 0 atom stereocenters. The summed E-state index contributed by atoms with van der Waals surface area (Å²) in [5, 5.41) is 14.7. The van der Waals surface area contributed by atoms with Gasteiger partial charge in [-0.1, -0.05) is 0 Å². The maximum Gasteiger partial charge on any atom is 0.317 e. The van der Waals surface area contributed by atoms with Crippen LogP contribution in [0.15, 0.2) is 24.3 Å². The maximum absolute atomic E-state index is 12.1. The van der Waals surface area contributed by atoms with E-state index >= 15 is 0 Å². The minimum Gasteiger partial charge on any atom is -0.352 e. The van der Waals surface area contributed by atoms with Crippen molar-refractivity contribution < 1.29 is 9.59 Å². The van der Waals surface area contributed by atoms with Gasteiger partial charge in [-0.3, -0.25) is 4.79 Å². The summed E-state index contributed by atoms with van der Waals surface area (Å²) < 4.78 is 0. The van der Waals surface area contributed by atoms with Gasteiger partial charge in [-0.2, -0.15) is 5.26 Å². The van der Waals surface area contributed by atoms with E-state index < -0.39 is 0 Å². The fraction of sp³-hybridized carbons (Fsp3) is 0.526. The third kappa shape index (κ3) is 5.79. The Morgan fingerprint density at radius 1 is 1.20 bits per heavy atom. The number of piperidine rings is 1. The van der Waals surface area contributed by atoms with Crippen molar-refractivity contribution >= 4 is 11.9 Å². The van der Waals surface area contributed by atoms with Crippen LogP contribution < -0.4 is 10.6 Å². The van der Waals surface area contributed by atoms with Gasteiger partial charge in [0.1, 0.15) is 0 Å². The molecule has 3 amide bonds. The van der Waals surface area contributed by atoms with Crippen molar-refractivity contribution in [3.63, 3.8) is 0 Å². The standard InChI is InChI=1S/C19H26N4O2/c1-19(2,3)22-18(25)23-10-8-15(9-11-23)13-21-17(24)16-6-4-14(12-20)5-7-16/h4-7,15H,8-11,13H2,1-3H3,(H,21,24)(H,22,25). The van der Waals surface area contributed by atoms with Crippen LogP contribution >= 0.6 is 0 Å². The Bertz CT molecular complexity index is 647. The van der Waals surface area contributed by atoms with Crippen LogP contribution in [-0.2, 0) is 0 Å². The fourth-order valence-corrected chi connectivity index (χ4v) is 2.78. The van der Waals surface area contributed by atoms with Crippen LogP contribution in [-0.4, -0.2) is 42.0 Å². The van der Waals surface area contributed by atoms with E-state index in [2.05, 4.69) is 10.6 Å². The molecule has 2 N–H and O–H groups in total. The zero-order chi connectivity index (χ0) is 18.4. The Labute approximate surface area is 149 Å². The van der Waals surface area contributed by atoms with Crippen molar-refractivity contribution in [2.75, 3.05) is 19.6 Å². The lowest BCUT2D eigenvalue weighted by atomic mass is 9.96. The minimum atomic E-state index is -0.233. The molecule has 25 heavy (non-hydrogen) atoms. The maximum atomic E-state index is 12.1. The number of amides is 3. The van der Waals surface area contributed by atoms with E-state index in [1.807, 2.05) is 31.7 Å². The summed E-state index contributed by atoms with van der Waals surface area (Å²) >= 11 is 0. The Balaban J connectivity index is 1.75. The first-order chi connectivity index (χ1) is 11.8. The number of carbonyl (C=O) groups is 2. The lowest BCUT2D eigenvalue weighted by Gasteiger charge is -2.34. The molecular formula is C19H26N4O2. The number of urea groups is 1. The SMILES string of the molecule is CC(C)(C)NC(=O)N1CCC(CNC(=O)c2ccc(C#N)cc2)CC1. The second-order valence-electron chi connectivity index (χ2n) is 7.51. The topological polar surface area (TPSA) is 85.2 Å². The molecule has 6 nitrogen and oxygen atoms in total. The van der Waals surface area contributed by atoms with E-state index in [9.17, 15) is 9.59 Å². The number of hydrogen-bond acceptors (Lipinski definition) is 3. The highest BCUT2D eigenvalue weighted by atomic mass is 16.2. The summed E-state index contributed by atoms with van der Waals surface area (Å²) in [6.07, 6.45) is 1.76. The van der Waals surface area contributed by atoms with Crippen LogP contribution in [0.5, 0.6) is 0 Å². The second-order valence-corrected chi connectivity index (χ2v) is 7.51. The third-order valence-corrected chi connectivity index (χ3v) is 4.21. The highest BCUT2D eigenvalue weighted by Gasteiger charge is 2.25. The molecule has 1 aromatic rings. The number of benzene rings is 1. The molecule has 1 saturated heterocycles. The van der Waals surface area contributed by atoms with Crippen molar-refractivity contribution in [3.05, 3.63) is 35.4 Å². The predicted octanol–water partition coefficient (Wildman–Crippen LogP) is 2.51. The van der Waals surface area contributed by atoms with Gasteiger partial charge >= 0.3 is 6.03 Å². The highest BCUT2D eigenvalue weighted by Crippen LogP contribution is 2.17. The average Bonchev–Trinajstić information content (AvgIpc) is 2.58. The lowest BCUT2D eigenvalue weighted by Crippen LogP contribution is -2.51. The Kier molecular flexibility index (Phi) is 6.02. The number of carbonyl (C=O) groups excluding carboxylic acids is 2. The number of nitriles is 1.